The van der Waals surface area contributed by atoms with Gasteiger partial charge in [0.1, 0.15) is 0 Å². The van der Waals surface area contributed by atoms with E-state index in [1.165, 1.54) is 87.8 Å². The molecule has 0 unspecified atom stereocenters. The van der Waals surface area contributed by atoms with Gasteiger partial charge in [-0.15, -0.1) is 0 Å². The summed E-state index contributed by atoms with van der Waals surface area (Å²) in [5.41, 5.74) is 14.2. The maximum Gasteiger partial charge on any atom is 0.0788 e. The van der Waals surface area contributed by atoms with E-state index in [0.29, 0.717) is 0 Å². The largest absolute Gasteiger partial charge is 0.307 e. The standard InChI is InChI=1S/C52H34N2/c1-3-14-35(15-4-1)41-31-42(36-16-5-2-6-17-36)34-44(33-41)54-50-25-12-10-23-46(50)48-29-28-47-45-22-9-11-24-49(45)53(51(47)52(48)54)43-21-13-20-39(32-43)40-27-26-37-18-7-8-19-38(37)30-40/h1-34H. The average Bonchev–Trinajstić information content (AvgIpc) is 3.77. The van der Waals surface area contributed by atoms with Crippen molar-refractivity contribution in [2.24, 2.45) is 0 Å². The highest BCUT2D eigenvalue weighted by molar-refractivity contribution is 6.24. The van der Waals surface area contributed by atoms with Crippen LogP contribution in [0.4, 0.5) is 0 Å². The summed E-state index contributed by atoms with van der Waals surface area (Å²) in [7, 11) is 0. The highest BCUT2D eigenvalue weighted by Gasteiger charge is 2.22. The molecule has 11 aromatic rings. The number of aromatic nitrogens is 2. The molecule has 9 aromatic carbocycles. The SMILES string of the molecule is c1ccc(-c2cc(-c3ccccc3)cc(-n3c4ccccc4c4ccc5c6ccccc6n(-c6cccc(-c7ccc8ccccc8c7)c6)c5c43)c2)cc1. The summed E-state index contributed by atoms with van der Waals surface area (Å²) >= 11 is 0. The maximum absolute atomic E-state index is 2.51. The first-order valence-electron chi connectivity index (χ1n) is 18.6. The van der Waals surface area contributed by atoms with Crippen molar-refractivity contribution in [3.05, 3.63) is 206 Å². The van der Waals surface area contributed by atoms with Gasteiger partial charge in [0, 0.05) is 32.9 Å². The van der Waals surface area contributed by atoms with E-state index in [-0.39, 0.29) is 0 Å². The number of fused-ring (bicyclic) bond motifs is 8. The van der Waals surface area contributed by atoms with Crippen LogP contribution in [-0.2, 0) is 0 Å². The van der Waals surface area contributed by atoms with Crippen molar-refractivity contribution < 1.29 is 0 Å². The second-order valence-electron chi connectivity index (χ2n) is 14.2. The normalized spacial score (nSPS) is 11.7. The van der Waals surface area contributed by atoms with Crippen molar-refractivity contribution in [1.29, 1.82) is 0 Å². The van der Waals surface area contributed by atoms with Crippen LogP contribution in [0.5, 0.6) is 0 Å². The minimum absolute atomic E-state index is 1.13. The van der Waals surface area contributed by atoms with Crippen LogP contribution >= 0.6 is 0 Å². The smallest absolute Gasteiger partial charge is 0.0788 e. The highest BCUT2D eigenvalue weighted by Crippen LogP contribution is 2.43. The molecule has 0 radical (unpaired) electrons. The average molecular weight is 687 g/mol. The van der Waals surface area contributed by atoms with Gasteiger partial charge in [-0.25, -0.2) is 0 Å². The predicted octanol–water partition coefficient (Wildman–Crippen LogP) is 14.0. The number of hydrogen-bond donors (Lipinski definition) is 0. The van der Waals surface area contributed by atoms with Gasteiger partial charge in [-0.1, -0.05) is 158 Å². The fourth-order valence-corrected chi connectivity index (χ4v) is 8.57. The minimum atomic E-state index is 1.13. The summed E-state index contributed by atoms with van der Waals surface area (Å²) in [4.78, 5) is 0. The Morgan fingerprint density at radius 3 is 1.35 bits per heavy atom. The minimum Gasteiger partial charge on any atom is -0.307 e. The van der Waals surface area contributed by atoms with Crippen LogP contribution in [-0.4, -0.2) is 9.13 Å². The lowest BCUT2D eigenvalue weighted by molar-refractivity contribution is 1.15. The van der Waals surface area contributed by atoms with E-state index >= 15 is 0 Å². The maximum atomic E-state index is 2.51. The molecule has 0 aliphatic rings. The molecular weight excluding hydrogens is 653 g/mol. The van der Waals surface area contributed by atoms with Gasteiger partial charge in [0.2, 0.25) is 0 Å². The van der Waals surface area contributed by atoms with E-state index in [1.54, 1.807) is 0 Å². The van der Waals surface area contributed by atoms with Gasteiger partial charge >= 0.3 is 0 Å². The van der Waals surface area contributed by atoms with Gasteiger partial charge in [0.05, 0.1) is 22.1 Å². The van der Waals surface area contributed by atoms with Crippen LogP contribution in [0.1, 0.15) is 0 Å². The monoisotopic (exact) mass is 686 g/mol. The Hall–Kier alpha value is -7.16. The number of nitrogens with zero attached hydrogens (tertiary/aromatic N) is 2. The number of rotatable bonds is 5. The highest BCUT2D eigenvalue weighted by atomic mass is 15.0. The topological polar surface area (TPSA) is 9.86 Å². The Bertz CT molecular complexity index is 3140. The molecular formula is C52H34N2. The molecule has 0 bridgehead atoms. The number of para-hydroxylation sites is 2. The first-order valence-corrected chi connectivity index (χ1v) is 18.6. The van der Waals surface area contributed by atoms with Crippen LogP contribution in [0.3, 0.4) is 0 Å². The van der Waals surface area contributed by atoms with Crippen molar-refractivity contribution in [2.45, 2.75) is 0 Å². The Morgan fingerprint density at radius 1 is 0.241 bits per heavy atom. The third-order valence-corrected chi connectivity index (χ3v) is 11.0. The van der Waals surface area contributed by atoms with Crippen molar-refractivity contribution >= 4 is 54.4 Å². The van der Waals surface area contributed by atoms with E-state index in [9.17, 15) is 0 Å². The van der Waals surface area contributed by atoms with Crippen LogP contribution in [0.15, 0.2) is 206 Å². The number of hydrogen-bond acceptors (Lipinski definition) is 0. The van der Waals surface area contributed by atoms with E-state index in [0.717, 1.165) is 11.4 Å². The summed E-state index contributed by atoms with van der Waals surface area (Å²) in [6.45, 7) is 0. The molecule has 0 amide bonds. The molecule has 0 saturated heterocycles. The second-order valence-corrected chi connectivity index (χ2v) is 14.2. The molecule has 0 aliphatic carbocycles. The van der Waals surface area contributed by atoms with Crippen LogP contribution < -0.4 is 0 Å². The molecule has 2 heterocycles. The van der Waals surface area contributed by atoms with Gasteiger partial charge in [-0.3, -0.25) is 0 Å². The van der Waals surface area contributed by atoms with Gasteiger partial charge < -0.3 is 9.13 Å². The lowest BCUT2D eigenvalue weighted by Gasteiger charge is -2.16. The van der Waals surface area contributed by atoms with Gasteiger partial charge in [0.15, 0.2) is 0 Å². The summed E-state index contributed by atoms with van der Waals surface area (Å²) in [6, 6.07) is 75.3. The molecule has 11 rings (SSSR count). The molecule has 0 N–H and O–H groups in total. The van der Waals surface area contributed by atoms with Gasteiger partial charge in [-0.2, -0.15) is 0 Å². The quantitative estimate of drug-likeness (QED) is 0.171. The fourth-order valence-electron chi connectivity index (χ4n) is 8.57. The van der Waals surface area contributed by atoms with Crippen molar-refractivity contribution in [3.63, 3.8) is 0 Å². The molecule has 2 nitrogen and oxygen atoms in total. The second kappa shape index (κ2) is 12.2. The summed E-state index contributed by atoms with van der Waals surface area (Å²) < 4.78 is 5.00. The molecule has 2 aromatic heterocycles. The van der Waals surface area contributed by atoms with Crippen molar-refractivity contribution in [3.8, 4) is 44.8 Å². The molecule has 0 aliphatic heterocycles. The molecule has 2 heteroatoms. The van der Waals surface area contributed by atoms with E-state index in [1.807, 2.05) is 0 Å². The number of benzene rings is 9. The van der Waals surface area contributed by atoms with E-state index in [2.05, 4.69) is 215 Å². The summed E-state index contributed by atoms with van der Waals surface area (Å²) in [5, 5.41) is 7.45. The molecule has 54 heavy (non-hydrogen) atoms. The zero-order valence-corrected chi connectivity index (χ0v) is 29.5. The van der Waals surface area contributed by atoms with Crippen LogP contribution in [0.25, 0.3) is 99.1 Å². The Labute approximate surface area is 313 Å². The fraction of sp³-hybridized carbons (Fsp3) is 0. The van der Waals surface area contributed by atoms with E-state index in [4.69, 9.17) is 0 Å². The Balaban J connectivity index is 1.25. The molecule has 0 spiro atoms. The lowest BCUT2D eigenvalue weighted by atomic mass is 9.98. The first-order chi connectivity index (χ1) is 26.8. The summed E-state index contributed by atoms with van der Waals surface area (Å²) in [5.74, 6) is 0. The van der Waals surface area contributed by atoms with Crippen molar-refractivity contribution in [1.82, 2.24) is 9.13 Å². The molecule has 0 fully saturated rings. The summed E-state index contributed by atoms with van der Waals surface area (Å²) in [6.07, 6.45) is 0. The van der Waals surface area contributed by atoms with Gasteiger partial charge in [0.25, 0.3) is 0 Å². The third kappa shape index (κ3) is 4.81. The first kappa shape index (κ1) is 30.5. The third-order valence-electron chi connectivity index (χ3n) is 11.0. The molecule has 0 atom stereocenters. The lowest BCUT2D eigenvalue weighted by Crippen LogP contribution is -2.00. The molecule has 0 saturated carbocycles. The van der Waals surface area contributed by atoms with E-state index < -0.39 is 0 Å². The Kier molecular flexibility index (Phi) is 6.90. The van der Waals surface area contributed by atoms with Crippen LogP contribution in [0.2, 0.25) is 0 Å². The van der Waals surface area contributed by atoms with Crippen LogP contribution in [0, 0.1) is 0 Å². The van der Waals surface area contributed by atoms with Gasteiger partial charge in [-0.05, 0) is 92.7 Å². The Morgan fingerprint density at radius 2 is 0.722 bits per heavy atom. The van der Waals surface area contributed by atoms with Crippen molar-refractivity contribution in [2.75, 3.05) is 0 Å². The predicted molar refractivity (Wildman–Crippen MR) is 229 cm³/mol. The molecule has 252 valence electrons. The zero-order valence-electron chi connectivity index (χ0n) is 29.5. The zero-order chi connectivity index (χ0) is 35.6.